The summed E-state index contributed by atoms with van der Waals surface area (Å²) in [6.45, 7) is 1.20. The van der Waals surface area contributed by atoms with Crippen molar-refractivity contribution in [2.45, 2.75) is 31.2 Å². The third kappa shape index (κ3) is 2.30. The monoisotopic (exact) mass is 280 g/mol. The Balaban J connectivity index is 1.72. The first kappa shape index (κ1) is 13.5. The summed E-state index contributed by atoms with van der Waals surface area (Å²) in [5.74, 6) is -1.23. The summed E-state index contributed by atoms with van der Waals surface area (Å²) < 4.78 is 26.9. The fourth-order valence-corrected chi connectivity index (χ4v) is 3.19. The van der Waals surface area contributed by atoms with Crippen LogP contribution in [0, 0.1) is 17.6 Å². The largest absolute Gasteiger partial charge is 0.338 e. The topological polar surface area (TPSA) is 46.3 Å². The molecule has 1 aromatic rings. The second kappa shape index (κ2) is 5.13. The van der Waals surface area contributed by atoms with Crippen LogP contribution in [0.4, 0.5) is 8.78 Å². The van der Waals surface area contributed by atoms with Crippen molar-refractivity contribution < 1.29 is 13.6 Å². The van der Waals surface area contributed by atoms with Crippen LogP contribution in [0.3, 0.4) is 0 Å². The molecule has 1 saturated heterocycles. The van der Waals surface area contributed by atoms with Crippen molar-refractivity contribution in [2.24, 2.45) is 11.7 Å². The summed E-state index contributed by atoms with van der Waals surface area (Å²) in [6, 6.07) is 3.55. The summed E-state index contributed by atoms with van der Waals surface area (Å²) in [7, 11) is 0. The molecule has 0 spiro atoms. The van der Waals surface area contributed by atoms with Crippen molar-refractivity contribution in [3.63, 3.8) is 0 Å². The Morgan fingerprint density at radius 3 is 2.95 bits per heavy atom. The van der Waals surface area contributed by atoms with Gasteiger partial charge in [-0.1, -0.05) is 0 Å². The Morgan fingerprint density at radius 1 is 1.40 bits per heavy atom. The van der Waals surface area contributed by atoms with E-state index in [1.54, 1.807) is 0 Å². The van der Waals surface area contributed by atoms with Gasteiger partial charge >= 0.3 is 0 Å². The Morgan fingerprint density at radius 2 is 2.20 bits per heavy atom. The average molecular weight is 280 g/mol. The maximum atomic E-state index is 13.7. The highest BCUT2D eigenvalue weighted by Crippen LogP contribution is 2.50. The van der Waals surface area contributed by atoms with Gasteiger partial charge in [0.1, 0.15) is 11.6 Å². The Kier molecular flexibility index (Phi) is 3.46. The third-order valence-corrected chi connectivity index (χ3v) is 4.40. The highest BCUT2D eigenvalue weighted by atomic mass is 19.1. The third-order valence-electron chi connectivity index (χ3n) is 4.40. The normalized spacial score (nSPS) is 28.8. The van der Waals surface area contributed by atoms with Gasteiger partial charge in [0.05, 0.1) is 0 Å². The van der Waals surface area contributed by atoms with E-state index in [2.05, 4.69) is 0 Å². The molecule has 1 heterocycles. The molecule has 3 atom stereocenters. The van der Waals surface area contributed by atoms with Crippen molar-refractivity contribution in [1.82, 2.24) is 4.90 Å². The van der Waals surface area contributed by atoms with Gasteiger partial charge in [-0.3, -0.25) is 4.79 Å². The van der Waals surface area contributed by atoms with E-state index in [-0.39, 0.29) is 23.8 Å². The van der Waals surface area contributed by atoms with E-state index in [0.717, 1.165) is 31.5 Å². The summed E-state index contributed by atoms with van der Waals surface area (Å²) in [5, 5.41) is 0. The molecule has 1 aliphatic heterocycles. The van der Waals surface area contributed by atoms with Crippen LogP contribution >= 0.6 is 0 Å². The molecule has 0 radical (unpaired) electrons. The lowest BCUT2D eigenvalue weighted by Gasteiger charge is -2.23. The van der Waals surface area contributed by atoms with Gasteiger partial charge in [0.2, 0.25) is 5.91 Å². The Hall–Kier alpha value is -1.49. The van der Waals surface area contributed by atoms with Crippen LogP contribution in [0.5, 0.6) is 0 Å². The Labute approximate surface area is 116 Å². The summed E-state index contributed by atoms with van der Waals surface area (Å²) in [5.41, 5.74) is 5.99. The number of likely N-dealkylation sites (tertiary alicyclic amines) is 1. The summed E-state index contributed by atoms with van der Waals surface area (Å²) >= 11 is 0. The number of hydrogen-bond donors (Lipinski definition) is 1. The first-order valence-corrected chi connectivity index (χ1v) is 7.07. The van der Waals surface area contributed by atoms with Gasteiger partial charge in [-0.25, -0.2) is 8.78 Å². The van der Waals surface area contributed by atoms with Crippen molar-refractivity contribution in [1.29, 1.82) is 0 Å². The van der Waals surface area contributed by atoms with Gasteiger partial charge in [0, 0.05) is 25.0 Å². The second-order valence-electron chi connectivity index (χ2n) is 5.68. The molecule has 1 aromatic carbocycles. The summed E-state index contributed by atoms with van der Waals surface area (Å²) in [6.07, 6.45) is 2.51. The van der Waals surface area contributed by atoms with Gasteiger partial charge < -0.3 is 10.6 Å². The van der Waals surface area contributed by atoms with Crippen molar-refractivity contribution >= 4 is 5.91 Å². The molecule has 108 valence electrons. The molecular formula is C15H18F2N2O. The molecule has 5 heteroatoms. The predicted octanol–water partition coefficient (Wildman–Crippen LogP) is 2.02. The van der Waals surface area contributed by atoms with E-state index in [4.69, 9.17) is 5.73 Å². The van der Waals surface area contributed by atoms with Crippen LogP contribution in [-0.4, -0.2) is 29.9 Å². The van der Waals surface area contributed by atoms with E-state index in [1.807, 2.05) is 4.90 Å². The zero-order valence-corrected chi connectivity index (χ0v) is 11.2. The molecule has 0 aromatic heterocycles. The van der Waals surface area contributed by atoms with Gasteiger partial charge in [-0.15, -0.1) is 0 Å². The van der Waals surface area contributed by atoms with E-state index < -0.39 is 11.6 Å². The number of nitrogens with two attached hydrogens (primary N) is 1. The number of nitrogens with zero attached hydrogens (tertiary/aromatic N) is 1. The standard InChI is InChI=1S/C15H18F2N2O/c16-9-3-4-14(17)12(6-9)11-7-13(11)15(20)19-5-1-2-10(19)8-18/h3-4,6,10-11,13H,1-2,5,7-8,18H2/t10-,11-,13+/m0/s1. The van der Waals surface area contributed by atoms with Crippen molar-refractivity contribution in [3.8, 4) is 0 Å². The number of halogens is 2. The molecule has 0 bridgehead atoms. The highest BCUT2D eigenvalue weighted by Gasteiger charge is 2.48. The summed E-state index contributed by atoms with van der Waals surface area (Å²) in [4.78, 5) is 14.2. The van der Waals surface area contributed by atoms with E-state index in [0.29, 0.717) is 18.5 Å². The van der Waals surface area contributed by atoms with Crippen LogP contribution in [0.25, 0.3) is 0 Å². The molecular weight excluding hydrogens is 262 g/mol. The lowest BCUT2D eigenvalue weighted by atomic mass is 10.1. The predicted molar refractivity (Wildman–Crippen MR) is 71.0 cm³/mol. The molecule has 3 nitrogen and oxygen atoms in total. The molecule has 0 unspecified atom stereocenters. The molecule has 1 amide bonds. The minimum absolute atomic E-state index is 0.0478. The lowest BCUT2D eigenvalue weighted by Crippen LogP contribution is -2.40. The fourth-order valence-electron chi connectivity index (χ4n) is 3.19. The Bertz CT molecular complexity index is 535. The highest BCUT2D eigenvalue weighted by molar-refractivity contribution is 5.83. The fraction of sp³-hybridized carbons (Fsp3) is 0.533. The first-order chi connectivity index (χ1) is 9.61. The van der Waals surface area contributed by atoms with Crippen LogP contribution in [0.1, 0.15) is 30.7 Å². The van der Waals surface area contributed by atoms with Gasteiger partial charge in [-0.2, -0.15) is 0 Å². The van der Waals surface area contributed by atoms with Crippen molar-refractivity contribution in [2.75, 3.05) is 13.1 Å². The maximum Gasteiger partial charge on any atom is 0.226 e. The molecule has 2 fully saturated rings. The minimum atomic E-state index is -0.458. The number of carbonyl (C=O) groups is 1. The van der Waals surface area contributed by atoms with Gasteiger partial charge in [0.15, 0.2) is 0 Å². The van der Waals surface area contributed by atoms with E-state index >= 15 is 0 Å². The number of rotatable bonds is 3. The van der Waals surface area contributed by atoms with Crippen molar-refractivity contribution in [3.05, 3.63) is 35.4 Å². The molecule has 2 aliphatic rings. The SMILES string of the molecule is NC[C@@H]1CCCN1C(=O)[C@@H]1C[C@H]1c1cc(F)ccc1F. The van der Waals surface area contributed by atoms with Crippen LogP contribution in [0.15, 0.2) is 18.2 Å². The number of amides is 1. The molecule has 1 aliphatic carbocycles. The minimum Gasteiger partial charge on any atom is -0.338 e. The van der Waals surface area contributed by atoms with E-state index in [9.17, 15) is 13.6 Å². The maximum absolute atomic E-state index is 13.7. The lowest BCUT2D eigenvalue weighted by molar-refractivity contribution is -0.133. The first-order valence-electron chi connectivity index (χ1n) is 7.07. The van der Waals surface area contributed by atoms with Crippen LogP contribution in [-0.2, 0) is 4.79 Å². The van der Waals surface area contributed by atoms with Crippen LogP contribution in [0.2, 0.25) is 0 Å². The quantitative estimate of drug-likeness (QED) is 0.920. The molecule has 2 N–H and O–H groups in total. The number of benzene rings is 1. The second-order valence-corrected chi connectivity index (χ2v) is 5.68. The van der Waals surface area contributed by atoms with Gasteiger partial charge in [0.25, 0.3) is 0 Å². The van der Waals surface area contributed by atoms with E-state index in [1.165, 1.54) is 6.07 Å². The number of carbonyl (C=O) groups excluding carboxylic acids is 1. The molecule has 20 heavy (non-hydrogen) atoms. The average Bonchev–Trinajstić information content (AvgIpc) is 3.09. The zero-order valence-electron chi connectivity index (χ0n) is 11.2. The van der Waals surface area contributed by atoms with Crippen LogP contribution < -0.4 is 5.73 Å². The number of hydrogen-bond acceptors (Lipinski definition) is 2. The molecule has 3 rings (SSSR count). The van der Waals surface area contributed by atoms with Gasteiger partial charge in [-0.05, 0) is 48.9 Å². The molecule has 1 saturated carbocycles. The zero-order chi connectivity index (χ0) is 14.3. The smallest absolute Gasteiger partial charge is 0.226 e.